The van der Waals surface area contributed by atoms with Gasteiger partial charge in [-0.25, -0.2) is 4.79 Å². The molecule has 0 aliphatic rings. The highest BCUT2D eigenvalue weighted by Gasteiger charge is 2.18. The molecule has 0 aliphatic carbocycles. The lowest BCUT2D eigenvalue weighted by atomic mass is 10.0. The maximum absolute atomic E-state index is 12.0. The third-order valence-electron chi connectivity index (χ3n) is 2.56. The molecule has 19 heavy (non-hydrogen) atoms. The van der Waals surface area contributed by atoms with E-state index in [1.807, 2.05) is 0 Å². The Morgan fingerprint density at radius 3 is 2.68 bits per heavy atom. The lowest BCUT2D eigenvalue weighted by Crippen LogP contribution is -2.15. The molecule has 4 nitrogen and oxygen atoms in total. The molecule has 0 amide bonds. The number of carbonyl (C=O) groups excluding carboxylic acids is 1. The van der Waals surface area contributed by atoms with E-state index in [-0.39, 0.29) is 11.1 Å². The van der Waals surface area contributed by atoms with E-state index in [1.54, 1.807) is 12.1 Å². The maximum atomic E-state index is 12.0. The van der Waals surface area contributed by atoms with Gasteiger partial charge in [-0.05, 0) is 24.3 Å². The Hall–Kier alpha value is -1.78. The van der Waals surface area contributed by atoms with Crippen molar-refractivity contribution in [3.8, 4) is 11.1 Å². The summed E-state index contributed by atoms with van der Waals surface area (Å²) in [6, 6.07) is 6.15. The van der Waals surface area contributed by atoms with Crippen LogP contribution in [0.15, 0.2) is 35.3 Å². The molecule has 1 heterocycles. The summed E-state index contributed by atoms with van der Waals surface area (Å²) in [5.41, 5.74) is 0.223. The molecule has 0 aliphatic heterocycles. The van der Waals surface area contributed by atoms with Crippen molar-refractivity contribution in [3.05, 3.63) is 56.4 Å². The minimum absolute atomic E-state index is 0.135. The number of aromatic amines is 1. The van der Waals surface area contributed by atoms with Gasteiger partial charge in [0, 0.05) is 21.8 Å². The Morgan fingerprint density at radius 1 is 1.26 bits per heavy atom. The number of aromatic nitrogens is 1. The van der Waals surface area contributed by atoms with Crippen LogP contribution in [0, 0.1) is 0 Å². The molecule has 2 aromatic rings. The van der Waals surface area contributed by atoms with Gasteiger partial charge in [0.25, 0.3) is 5.56 Å². The number of carbonyl (C=O) groups is 1. The quantitative estimate of drug-likeness (QED) is 0.866. The fourth-order valence-electron chi connectivity index (χ4n) is 1.72. The van der Waals surface area contributed by atoms with Crippen molar-refractivity contribution in [1.82, 2.24) is 4.98 Å². The van der Waals surface area contributed by atoms with Crippen LogP contribution < -0.4 is 5.56 Å². The van der Waals surface area contributed by atoms with Crippen LogP contribution in [0.2, 0.25) is 10.0 Å². The summed E-state index contributed by atoms with van der Waals surface area (Å²) in [5.74, 6) is -0.614. The van der Waals surface area contributed by atoms with Crippen LogP contribution in [0.4, 0.5) is 0 Å². The molecular formula is C13H9Cl2NO3. The monoisotopic (exact) mass is 297 g/mol. The smallest absolute Gasteiger partial charge is 0.338 e. The van der Waals surface area contributed by atoms with Crippen molar-refractivity contribution >= 4 is 29.2 Å². The standard InChI is InChI=1S/C13H9Cl2NO3/c1-19-13(18)8-4-5-16-12(17)11(8)9-6-7(14)2-3-10(9)15/h2-6H,1H3,(H,16,17). The first-order valence-corrected chi connectivity index (χ1v) is 6.05. The summed E-state index contributed by atoms with van der Waals surface area (Å²) in [6.07, 6.45) is 1.37. The van der Waals surface area contributed by atoms with Crippen LogP contribution >= 0.6 is 23.2 Å². The van der Waals surface area contributed by atoms with Gasteiger partial charge in [-0.15, -0.1) is 0 Å². The van der Waals surface area contributed by atoms with Crippen LogP contribution in [0.5, 0.6) is 0 Å². The zero-order valence-corrected chi connectivity index (χ0v) is 11.4. The zero-order chi connectivity index (χ0) is 14.0. The molecule has 1 N–H and O–H groups in total. The van der Waals surface area contributed by atoms with E-state index in [1.165, 1.54) is 25.4 Å². The summed E-state index contributed by atoms with van der Waals surface area (Å²) in [7, 11) is 1.24. The number of hydrogen-bond acceptors (Lipinski definition) is 3. The van der Waals surface area contributed by atoms with E-state index in [2.05, 4.69) is 9.72 Å². The molecular weight excluding hydrogens is 289 g/mol. The van der Waals surface area contributed by atoms with Gasteiger partial charge in [-0.2, -0.15) is 0 Å². The Bertz CT molecular complexity index is 695. The van der Waals surface area contributed by atoms with Gasteiger partial charge in [0.15, 0.2) is 0 Å². The third kappa shape index (κ3) is 2.64. The molecule has 0 spiro atoms. The number of pyridine rings is 1. The first kappa shape index (κ1) is 13.6. The molecule has 1 aromatic carbocycles. The number of ether oxygens (including phenoxy) is 1. The average molecular weight is 298 g/mol. The van der Waals surface area contributed by atoms with Crippen molar-refractivity contribution in [3.63, 3.8) is 0 Å². The van der Waals surface area contributed by atoms with Gasteiger partial charge in [0.1, 0.15) is 0 Å². The highest BCUT2D eigenvalue weighted by Crippen LogP contribution is 2.30. The van der Waals surface area contributed by atoms with Crippen molar-refractivity contribution < 1.29 is 9.53 Å². The number of benzene rings is 1. The normalized spacial score (nSPS) is 10.3. The SMILES string of the molecule is COC(=O)c1cc[nH]c(=O)c1-c1cc(Cl)ccc1Cl. The van der Waals surface area contributed by atoms with Gasteiger partial charge in [-0.1, -0.05) is 23.2 Å². The highest BCUT2D eigenvalue weighted by atomic mass is 35.5. The van der Waals surface area contributed by atoms with E-state index in [0.29, 0.717) is 15.6 Å². The Morgan fingerprint density at radius 2 is 2.00 bits per heavy atom. The lowest BCUT2D eigenvalue weighted by Gasteiger charge is -2.08. The van der Waals surface area contributed by atoms with Crippen LogP contribution in [0.25, 0.3) is 11.1 Å². The molecule has 2 rings (SSSR count). The van der Waals surface area contributed by atoms with Gasteiger partial charge in [-0.3, -0.25) is 4.79 Å². The Balaban J connectivity index is 2.78. The number of esters is 1. The summed E-state index contributed by atoms with van der Waals surface area (Å²) >= 11 is 12.0. The fourth-order valence-corrected chi connectivity index (χ4v) is 2.10. The van der Waals surface area contributed by atoms with Crippen LogP contribution in [-0.4, -0.2) is 18.1 Å². The van der Waals surface area contributed by atoms with Gasteiger partial charge in [0.05, 0.1) is 18.2 Å². The maximum Gasteiger partial charge on any atom is 0.338 e. The molecule has 0 saturated heterocycles. The minimum Gasteiger partial charge on any atom is -0.465 e. The van der Waals surface area contributed by atoms with Crippen molar-refractivity contribution in [2.24, 2.45) is 0 Å². The van der Waals surface area contributed by atoms with Crippen LogP contribution in [0.1, 0.15) is 10.4 Å². The second-order valence-corrected chi connectivity index (χ2v) is 4.55. The first-order valence-electron chi connectivity index (χ1n) is 5.30. The summed E-state index contributed by atoms with van der Waals surface area (Å²) in [6.45, 7) is 0. The molecule has 0 atom stereocenters. The van der Waals surface area contributed by atoms with Gasteiger partial charge >= 0.3 is 5.97 Å². The van der Waals surface area contributed by atoms with Crippen LogP contribution in [0.3, 0.4) is 0 Å². The van der Waals surface area contributed by atoms with E-state index in [0.717, 1.165) is 0 Å². The minimum atomic E-state index is -0.614. The van der Waals surface area contributed by atoms with Crippen molar-refractivity contribution in [1.29, 1.82) is 0 Å². The molecule has 0 unspecified atom stereocenters. The number of H-pyrrole nitrogens is 1. The van der Waals surface area contributed by atoms with E-state index in [4.69, 9.17) is 23.2 Å². The third-order valence-corrected chi connectivity index (χ3v) is 3.13. The molecule has 0 radical (unpaired) electrons. The average Bonchev–Trinajstić information content (AvgIpc) is 2.40. The predicted molar refractivity (Wildman–Crippen MR) is 73.9 cm³/mol. The predicted octanol–water partition coefficient (Wildman–Crippen LogP) is 3.14. The Labute approximate surface area is 118 Å². The number of halogens is 2. The van der Waals surface area contributed by atoms with E-state index < -0.39 is 11.5 Å². The molecule has 0 fully saturated rings. The van der Waals surface area contributed by atoms with Crippen LogP contribution in [-0.2, 0) is 4.74 Å². The Kier molecular flexibility index (Phi) is 3.93. The topological polar surface area (TPSA) is 59.2 Å². The van der Waals surface area contributed by atoms with Gasteiger partial charge < -0.3 is 9.72 Å². The van der Waals surface area contributed by atoms with E-state index >= 15 is 0 Å². The molecule has 0 bridgehead atoms. The number of rotatable bonds is 2. The number of nitrogens with one attached hydrogen (secondary N) is 1. The molecule has 6 heteroatoms. The van der Waals surface area contributed by atoms with Gasteiger partial charge in [0.2, 0.25) is 0 Å². The summed E-state index contributed by atoms with van der Waals surface area (Å²) < 4.78 is 4.66. The molecule has 0 saturated carbocycles. The number of methoxy groups -OCH3 is 1. The van der Waals surface area contributed by atoms with E-state index in [9.17, 15) is 9.59 Å². The van der Waals surface area contributed by atoms with Crippen molar-refractivity contribution in [2.45, 2.75) is 0 Å². The second kappa shape index (κ2) is 5.47. The second-order valence-electron chi connectivity index (χ2n) is 3.71. The first-order chi connectivity index (χ1) is 9.04. The highest BCUT2D eigenvalue weighted by molar-refractivity contribution is 6.35. The lowest BCUT2D eigenvalue weighted by molar-refractivity contribution is 0.0601. The largest absolute Gasteiger partial charge is 0.465 e. The summed E-state index contributed by atoms with van der Waals surface area (Å²) in [4.78, 5) is 26.2. The zero-order valence-electron chi connectivity index (χ0n) is 9.87. The number of hydrogen-bond donors (Lipinski definition) is 1. The summed E-state index contributed by atoms with van der Waals surface area (Å²) in [5, 5.41) is 0.740. The fraction of sp³-hybridized carbons (Fsp3) is 0.0769. The van der Waals surface area contributed by atoms with Crippen molar-refractivity contribution in [2.75, 3.05) is 7.11 Å². The molecule has 1 aromatic heterocycles. The molecule has 98 valence electrons.